The molecular weight excluding hydrogens is 212 g/mol. The summed E-state index contributed by atoms with van der Waals surface area (Å²) < 4.78 is 0. The Morgan fingerprint density at radius 3 is 2.47 bits per heavy atom. The van der Waals surface area contributed by atoms with Gasteiger partial charge in [0.25, 0.3) is 0 Å². The van der Waals surface area contributed by atoms with Crippen LogP contribution in [-0.4, -0.2) is 29.1 Å². The SMILES string of the molecule is CCC(C)C1NC(CC)N(C(C)C2CC2)C1=O. The maximum atomic E-state index is 12.5. The third-order valence-electron chi connectivity index (χ3n) is 4.57. The van der Waals surface area contributed by atoms with Gasteiger partial charge in [-0.3, -0.25) is 10.1 Å². The summed E-state index contributed by atoms with van der Waals surface area (Å²) in [4.78, 5) is 14.6. The van der Waals surface area contributed by atoms with E-state index in [4.69, 9.17) is 0 Å². The molecule has 4 atom stereocenters. The van der Waals surface area contributed by atoms with Crippen molar-refractivity contribution >= 4 is 5.91 Å². The van der Waals surface area contributed by atoms with Gasteiger partial charge in [-0.1, -0.05) is 27.2 Å². The van der Waals surface area contributed by atoms with Gasteiger partial charge >= 0.3 is 0 Å². The molecule has 2 fully saturated rings. The Kier molecular flexibility index (Phi) is 3.76. The maximum absolute atomic E-state index is 12.5. The Bertz CT molecular complexity index is 288. The second-order valence-electron chi connectivity index (χ2n) is 5.78. The third kappa shape index (κ3) is 2.35. The summed E-state index contributed by atoms with van der Waals surface area (Å²) in [5.41, 5.74) is 0. The summed E-state index contributed by atoms with van der Waals surface area (Å²) >= 11 is 0. The first-order valence-corrected chi connectivity index (χ1v) is 7.18. The van der Waals surface area contributed by atoms with E-state index in [1.807, 2.05) is 0 Å². The molecule has 0 bridgehead atoms. The lowest BCUT2D eigenvalue weighted by Gasteiger charge is -2.30. The lowest BCUT2D eigenvalue weighted by molar-refractivity contribution is -0.133. The molecule has 3 nitrogen and oxygen atoms in total. The van der Waals surface area contributed by atoms with Crippen LogP contribution < -0.4 is 5.32 Å². The van der Waals surface area contributed by atoms with Crippen molar-refractivity contribution in [2.75, 3.05) is 0 Å². The maximum Gasteiger partial charge on any atom is 0.241 e. The van der Waals surface area contributed by atoms with Gasteiger partial charge in [0.15, 0.2) is 0 Å². The van der Waals surface area contributed by atoms with Gasteiger partial charge < -0.3 is 4.90 Å². The first-order valence-electron chi connectivity index (χ1n) is 7.18. The van der Waals surface area contributed by atoms with Crippen molar-refractivity contribution in [1.82, 2.24) is 10.2 Å². The third-order valence-corrected chi connectivity index (χ3v) is 4.57. The van der Waals surface area contributed by atoms with Gasteiger partial charge in [-0.15, -0.1) is 0 Å². The van der Waals surface area contributed by atoms with Crippen molar-refractivity contribution in [2.45, 2.75) is 71.6 Å². The topological polar surface area (TPSA) is 32.3 Å². The molecule has 0 aromatic carbocycles. The number of carbonyl (C=O) groups excluding carboxylic acids is 1. The van der Waals surface area contributed by atoms with Gasteiger partial charge in [-0.25, -0.2) is 0 Å². The number of amides is 1. The Morgan fingerprint density at radius 1 is 1.35 bits per heavy atom. The molecule has 17 heavy (non-hydrogen) atoms. The van der Waals surface area contributed by atoms with Crippen molar-refractivity contribution < 1.29 is 4.79 Å². The van der Waals surface area contributed by atoms with E-state index in [2.05, 4.69) is 37.9 Å². The summed E-state index contributed by atoms with van der Waals surface area (Å²) in [5, 5.41) is 3.53. The molecule has 0 aromatic rings. The Morgan fingerprint density at radius 2 is 2.00 bits per heavy atom. The molecule has 1 heterocycles. The van der Waals surface area contributed by atoms with Gasteiger partial charge in [0.2, 0.25) is 5.91 Å². The van der Waals surface area contributed by atoms with Crippen LogP contribution in [0.25, 0.3) is 0 Å². The second-order valence-corrected chi connectivity index (χ2v) is 5.78. The second kappa shape index (κ2) is 4.97. The highest BCUT2D eigenvalue weighted by Crippen LogP contribution is 2.37. The fourth-order valence-electron chi connectivity index (χ4n) is 2.92. The zero-order valence-electron chi connectivity index (χ0n) is 11.6. The summed E-state index contributed by atoms with van der Waals surface area (Å²) in [5.74, 6) is 1.53. The van der Waals surface area contributed by atoms with Crippen LogP contribution in [0.15, 0.2) is 0 Å². The van der Waals surface area contributed by atoms with Crippen LogP contribution in [0.3, 0.4) is 0 Å². The predicted octanol–water partition coefficient (Wildman–Crippen LogP) is 2.37. The number of hydrogen-bond donors (Lipinski definition) is 1. The molecule has 1 saturated heterocycles. The van der Waals surface area contributed by atoms with Crippen LogP contribution in [0.4, 0.5) is 0 Å². The molecule has 1 amide bonds. The van der Waals surface area contributed by atoms with Crippen molar-refractivity contribution in [1.29, 1.82) is 0 Å². The molecular formula is C14H26N2O. The molecule has 1 aliphatic carbocycles. The lowest BCUT2D eigenvalue weighted by atomic mass is 9.99. The van der Waals surface area contributed by atoms with Crippen molar-refractivity contribution in [3.8, 4) is 0 Å². The number of rotatable bonds is 5. The van der Waals surface area contributed by atoms with Crippen LogP contribution in [0.2, 0.25) is 0 Å². The van der Waals surface area contributed by atoms with Crippen LogP contribution in [0, 0.1) is 11.8 Å². The minimum absolute atomic E-state index is 0.0474. The molecule has 4 unspecified atom stereocenters. The van der Waals surface area contributed by atoms with E-state index in [1.54, 1.807) is 0 Å². The molecule has 3 heteroatoms. The van der Waals surface area contributed by atoms with E-state index in [1.165, 1.54) is 12.8 Å². The first kappa shape index (κ1) is 12.9. The molecule has 0 aromatic heterocycles. The number of nitrogens with zero attached hydrogens (tertiary/aromatic N) is 1. The Hall–Kier alpha value is -0.570. The van der Waals surface area contributed by atoms with Gasteiger partial charge in [0.05, 0.1) is 12.2 Å². The normalized spacial score (nSPS) is 32.9. The molecule has 2 aliphatic rings. The number of nitrogens with one attached hydrogen (secondary N) is 1. The highest BCUT2D eigenvalue weighted by Gasteiger charge is 2.45. The van der Waals surface area contributed by atoms with Crippen molar-refractivity contribution in [3.05, 3.63) is 0 Å². The number of carbonyl (C=O) groups is 1. The molecule has 1 aliphatic heterocycles. The smallest absolute Gasteiger partial charge is 0.241 e. The summed E-state index contributed by atoms with van der Waals surface area (Å²) in [6.07, 6.45) is 4.93. The molecule has 1 N–H and O–H groups in total. The highest BCUT2D eigenvalue weighted by atomic mass is 16.2. The zero-order chi connectivity index (χ0) is 12.6. The van der Waals surface area contributed by atoms with E-state index < -0.39 is 0 Å². The minimum Gasteiger partial charge on any atom is -0.323 e. The molecule has 98 valence electrons. The fraction of sp³-hybridized carbons (Fsp3) is 0.929. The average Bonchev–Trinajstić information content (AvgIpc) is 3.11. The summed E-state index contributed by atoms with van der Waals surface area (Å²) in [6.45, 7) is 8.72. The van der Waals surface area contributed by atoms with E-state index in [9.17, 15) is 4.79 Å². The van der Waals surface area contributed by atoms with Gasteiger partial charge in [-0.05, 0) is 38.0 Å². The number of hydrogen-bond acceptors (Lipinski definition) is 2. The molecule has 2 rings (SSSR count). The molecule has 1 saturated carbocycles. The van der Waals surface area contributed by atoms with Crippen LogP contribution >= 0.6 is 0 Å². The minimum atomic E-state index is 0.0474. The van der Waals surface area contributed by atoms with E-state index in [-0.39, 0.29) is 12.2 Å². The summed E-state index contributed by atoms with van der Waals surface area (Å²) in [6, 6.07) is 0.472. The van der Waals surface area contributed by atoms with E-state index in [0.717, 1.165) is 18.8 Å². The largest absolute Gasteiger partial charge is 0.323 e. The molecule has 0 radical (unpaired) electrons. The predicted molar refractivity (Wildman–Crippen MR) is 69.5 cm³/mol. The Labute approximate surface area is 105 Å². The quantitative estimate of drug-likeness (QED) is 0.797. The van der Waals surface area contributed by atoms with Crippen molar-refractivity contribution in [3.63, 3.8) is 0 Å². The van der Waals surface area contributed by atoms with E-state index in [0.29, 0.717) is 17.9 Å². The van der Waals surface area contributed by atoms with Crippen LogP contribution in [0.5, 0.6) is 0 Å². The van der Waals surface area contributed by atoms with Gasteiger partial charge in [0, 0.05) is 6.04 Å². The standard InChI is InChI=1S/C14H26N2O/c1-5-9(3)13-14(17)16(12(6-2)15-13)10(4)11-7-8-11/h9-13,15H,5-8H2,1-4H3. The monoisotopic (exact) mass is 238 g/mol. The average molecular weight is 238 g/mol. The highest BCUT2D eigenvalue weighted by molar-refractivity contribution is 5.85. The van der Waals surface area contributed by atoms with Crippen LogP contribution in [0.1, 0.15) is 53.4 Å². The van der Waals surface area contributed by atoms with Crippen molar-refractivity contribution in [2.24, 2.45) is 11.8 Å². The molecule has 0 spiro atoms. The van der Waals surface area contributed by atoms with Gasteiger partial charge in [0.1, 0.15) is 0 Å². The van der Waals surface area contributed by atoms with E-state index >= 15 is 0 Å². The van der Waals surface area contributed by atoms with Crippen LogP contribution in [-0.2, 0) is 4.79 Å². The fourth-order valence-corrected chi connectivity index (χ4v) is 2.92. The summed E-state index contributed by atoms with van der Waals surface area (Å²) in [7, 11) is 0. The first-order chi connectivity index (χ1) is 8.10. The van der Waals surface area contributed by atoms with Gasteiger partial charge in [-0.2, -0.15) is 0 Å². The lowest BCUT2D eigenvalue weighted by Crippen LogP contribution is -2.44. The Balaban J connectivity index is 2.10. The zero-order valence-corrected chi connectivity index (χ0v) is 11.6.